The van der Waals surface area contributed by atoms with Gasteiger partial charge in [-0.3, -0.25) is 4.79 Å². The number of rotatable bonds is 4. The summed E-state index contributed by atoms with van der Waals surface area (Å²) in [5.41, 5.74) is 0.945. The zero-order valence-corrected chi connectivity index (χ0v) is 15.6. The fourth-order valence-corrected chi connectivity index (χ4v) is 3.67. The van der Waals surface area contributed by atoms with Crippen LogP contribution in [0.5, 0.6) is 0 Å². The number of likely N-dealkylation sites (tertiary alicyclic amines) is 1. The topological polar surface area (TPSA) is 67.9 Å². The molecule has 2 aliphatic heterocycles. The number of amides is 1. The quantitative estimate of drug-likeness (QED) is 0.835. The zero-order valence-electron chi connectivity index (χ0n) is 15.6. The van der Waals surface area contributed by atoms with Gasteiger partial charge in [-0.05, 0) is 32.3 Å². The van der Waals surface area contributed by atoms with E-state index in [2.05, 4.69) is 5.32 Å². The maximum absolute atomic E-state index is 12.6. The van der Waals surface area contributed by atoms with Crippen LogP contribution in [0.2, 0.25) is 0 Å². The second-order valence-corrected chi connectivity index (χ2v) is 7.86. The van der Waals surface area contributed by atoms with E-state index < -0.39 is 5.60 Å². The number of aldehydes is 1. The molecule has 1 spiro atoms. The van der Waals surface area contributed by atoms with Crippen molar-refractivity contribution in [3.05, 3.63) is 35.4 Å². The number of hydrogen-bond donors (Lipinski definition) is 1. The van der Waals surface area contributed by atoms with Gasteiger partial charge >= 0.3 is 6.09 Å². The highest BCUT2D eigenvalue weighted by Gasteiger charge is 2.39. The highest BCUT2D eigenvalue weighted by atomic mass is 16.6. The van der Waals surface area contributed by atoms with Crippen molar-refractivity contribution in [2.75, 3.05) is 32.8 Å². The Bertz CT molecular complexity index is 626. The summed E-state index contributed by atoms with van der Waals surface area (Å²) in [6, 6.07) is 7.36. The van der Waals surface area contributed by atoms with Crippen molar-refractivity contribution in [2.24, 2.45) is 0 Å². The molecule has 6 nitrogen and oxygen atoms in total. The van der Waals surface area contributed by atoms with Crippen molar-refractivity contribution in [3.63, 3.8) is 0 Å². The third kappa shape index (κ3) is 4.62. The number of carbonyl (C=O) groups is 2. The Morgan fingerprint density at radius 3 is 2.58 bits per heavy atom. The van der Waals surface area contributed by atoms with Crippen LogP contribution in [0.25, 0.3) is 0 Å². The number of ether oxygens (including phenoxy) is 2. The van der Waals surface area contributed by atoms with Crippen molar-refractivity contribution in [3.8, 4) is 0 Å². The fourth-order valence-electron chi connectivity index (χ4n) is 3.67. The largest absolute Gasteiger partial charge is 0.443 e. The summed E-state index contributed by atoms with van der Waals surface area (Å²) in [6.45, 7) is 7.64. The molecule has 142 valence electrons. The fraction of sp³-hybridized carbons (Fsp3) is 0.600. The molecule has 0 aliphatic carbocycles. The second kappa shape index (κ2) is 7.76. The van der Waals surface area contributed by atoms with Gasteiger partial charge in [-0.1, -0.05) is 24.3 Å². The summed E-state index contributed by atoms with van der Waals surface area (Å²) in [6.07, 6.45) is 2.83. The Hall–Kier alpha value is -1.92. The lowest BCUT2D eigenvalue weighted by Gasteiger charge is -2.44. The maximum Gasteiger partial charge on any atom is 0.410 e. The van der Waals surface area contributed by atoms with Crippen molar-refractivity contribution < 1.29 is 19.1 Å². The van der Waals surface area contributed by atoms with E-state index in [0.717, 1.165) is 44.4 Å². The van der Waals surface area contributed by atoms with Gasteiger partial charge in [0.15, 0.2) is 0 Å². The first kappa shape index (κ1) is 18.9. The van der Waals surface area contributed by atoms with Gasteiger partial charge < -0.3 is 19.7 Å². The Labute approximate surface area is 154 Å². The van der Waals surface area contributed by atoms with Crippen molar-refractivity contribution in [1.29, 1.82) is 0 Å². The van der Waals surface area contributed by atoms with E-state index in [4.69, 9.17) is 9.47 Å². The van der Waals surface area contributed by atoms with Crippen LogP contribution in [0.1, 0.15) is 42.6 Å². The summed E-state index contributed by atoms with van der Waals surface area (Å²) in [5.74, 6) is 0. The van der Waals surface area contributed by atoms with Crippen LogP contribution in [0.4, 0.5) is 4.79 Å². The molecule has 2 saturated heterocycles. The van der Waals surface area contributed by atoms with Crippen LogP contribution in [0.15, 0.2) is 24.3 Å². The molecule has 3 rings (SSSR count). The predicted molar refractivity (Wildman–Crippen MR) is 98.5 cm³/mol. The Balaban J connectivity index is 1.52. The first-order valence-electron chi connectivity index (χ1n) is 9.28. The maximum atomic E-state index is 12.6. The molecule has 0 radical (unpaired) electrons. The lowest BCUT2D eigenvalue weighted by molar-refractivity contribution is -0.0997. The lowest BCUT2D eigenvalue weighted by Crippen LogP contribution is -2.56. The van der Waals surface area contributed by atoms with E-state index in [1.165, 1.54) is 0 Å². The summed E-state index contributed by atoms with van der Waals surface area (Å²) in [5, 5.41) is 3.38. The first-order valence-corrected chi connectivity index (χ1v) is 9.28. The third-order valence-electron chi connectivity index (χ3n) is 5.18. The molecule has 0 saturated carbocycles. The van der Waals surface area contributed by atoms with Crippen LogP contribution in [0, 0.1) is 0 Å². The molecule has 0 bridgehead atoms. The third-order valence-corrected chi connectivity index (χ3v) is 5.18. The predicted octanol–water partition coefficient (Wildman–Crippen LogP) is 2.41. The highest BCUT2D eigenvalue weighted by Crippen LogP contribution is 2.28. The minimum atomic E-state index is -0.613. The molecule has 2 fully saturated rings. The molecule has 0 unspecified atom stereocenters. The number of nitrogens with zero attached hydrogens (tertiary/aromatic N) is 1. The molecule has 0 atom stereocenters. The van der Waals surface area contributed by atoms with Crippen LogP contribution in [-0.2, 0) is 15.9 Å². The smallest absolute Gasteiger partial charge is 0.410 e. The minimum Gasteiger partial charge on any atom is -0.443 e. The first-order chi connectivity index (χ1) is 12.4. The number of nitrogens with one attached hydrogen (secondary N) is 1. The molecular formula is C20H28N2O4. The standard InChI is InChI=1S/C20H28N2O4/c1-19(2,13-16-3-5-17(14-23)6-4-16)26-18(24)22-10-7-20(8-11-22)15-21-9-12-25-20/h3-6,14,21H,7-13,15H2,1-2H3. The molecule has 1 aromatic rings. The van der Waals surface area contributed by atoms with E-state index in [-0.39, 0.29) is 11.7 Å². The number of carbonyl (C=O) groups excluding carboxylic acids is 2. The number of hydrogen-bond acceptors (Lipinski definition) is 5. The van der Waals surface area contributed by atoms with E-state index in [0.29, 0.717) is 25.1 Å². The number of piperidine rings is 1. The molecule has 1 aromatic carbocycles. The van der Waals surface area contributed by atoms with E-state index in [1.54, 1.807) is 17.0 Å². The Morgan fingerprint density at radius 2 is 2.00 bits per heavy atom. The van der Waals surface area contributed by atoms with Crippen molar-refractivity contribution in [1.82, 2.24) is 10.2 Å². The monoisotopic (exact) mass is 360 g/mol. The molecule has 2 heterocycles. The van der Waals surface area contributed by atoms with Crippen LogP contribution in [-0.4, -0.2) is 61.3 Å². The van der Waals surface area contributed by atoms with Crippen molar-refractivity contribution in [2.45, 2.75) is 44.3 Å². The van der Waals surface area contributed by atoms with E-state index in [9.17, 15) is 9.59 Å². The lowest BCUT2D eigenvalue weighted by atomic mass is 9.90. The summed E-state index contributed by atoms with van der Waals surface area (Å²) < 4.78 is 11.7. The Kier molecular flexibility index (Phi) is 5.63. The van der Waals surface area contributed by atoms with Gasteiger partial charge in [0, 0.05) is 38.2 Å². The van der Waals surface area contributed by atoms with E-state index in [1.807, 2.05) is 26.0 Å². The van der Waals surface area contributed by atoms with Crippen LogP contribution >= 0.6 is 0 Å². The average Bonchev–Trinajstić information content (AvgIpc) is 2.63. The molecule has 2 aliphatic rings. The number of morpholine rings is 1. The molecular weight excluding hydrogens is 332 g/mol. The zero-order chi connectivity index (χ0) is 18.6. The molecule has 1 N–H and O–H groups in total. The minimum absolute atomic E-state index is 0.120. The van der Waals surface area contributed by atoms with Gasteiger partial charge in [0.2, 0.25) is 0 Å². The van der Waals surface area contributed by atoms with Crippen molar-refractivity contribution >= 4 is 12.4 Å². The van der Waals surface area contributed by atoms with Gasteiger partial charge in [0.25, 0.3) is 0 Å². The summed E-state index contributed by atoms with van der Waals surface area (Å²) in [7, 11) is 0. The van der Waals surface area contributed by atoms with Crippen LogP contribution in [0.3, 0.4) is 0 Å². The molecule has 6 heteroatoms. The average molecular weight is 360 g/mol. The SMILES string of the molecule is CC(C)(Cc1ccc(C=O)cc1)OC(=O)N1CCC2(CC1)CNCCO2. The van der Waals surface area contributed by atoms with E-state index >= 15 is 0 Å². The van der Waals surface area contributed by atoms with Gasteiger partial charge in [-0.15, -0.1) is 0 Å². The van der Waals surface area contributed by atoms with Gasteiger partial charge in [0.05, 0.1) is 12.2 Å². The highest BCUT2D eigenvalue weighted by molar-refractivity contribution is 5.74. The van der Waals surface area contributed by atoms with Gasteiger partial charge in [-0.2, -0.15) is 0 Å². The molecule has 0 aromatic heterocycles. The summed E-state index contributed by atoms with van der Waals surface area (Å²) in [4.78, 5) is 25.1. The Morgan fingerprint density at radius 1 is 1.31 bits per heavy atom. The number of benzene rings is 1. The normalized spacial score (nSPS) is 20.0. The molecule has 26 heavy (non-hydrogen) atoms. The van der Waals surface area contributed by atoms with Crippen LogP contribution < -0.4 is 5.32 Å². The molecule has 1 amide bonds. The summed E-state index contributed by atoms with van der Waals surface area (Å²) >= 11 is 0. The van der Waals surface area contributed by atoms with Gasteiger partial charge in [-0.25, -0.2) is 4.79 Å². The van der Waals surface area contributed by atoms with Gasteiger partial charge in [0.1, 0.15) is 11.9 Å². The second-order valence-electron chi connectivity index (χ2n) is 7.86.